The van der Waals surface area contributed by atoms with Crippen molar-refractivity contribution in [3.05, 3.63) is 89.7 Å². The van der Waals surface area contributed by atoms with Gasteiger partial charge in [0.15, 0.2) is 11.5 Å². The normalized spacial score (nSPS) is 15.9. The molecular weight excluding hydrogens is 433 g/mol. The maximum absolute atomic E-state index is 13.5. The second kappa shape index (κ2) is 8.88. The van der Waals surface area contributed by atoms with Gasteiger partial charge in [-0.15, -0.1) is 0 Å². The third-order valence-electron chi connectivity index (χ3n) is 5.11. The van der Waals surface area contributed by atoms with E-state index < -0.39 is 22.1 Å². The fourth-order valence-corrected chi connectivity index (χ4v) is 4.80. The van der Waals surface area contributed by atoms with E-state index in [9.17, 15) is 12.8 Å². The highest BCUT2D eigenvalue weighted by atomic mass is 32.2. The maximum Gasteiger partial charge on any atom is 0.339 e. The van der Waals surface area contributed by atoms with Gasteiger partial charge in [0.2, 0.25) is 0 Å². The van der Waals surface area contributed by atoms with Crippen molar-refractivity contribution in [2.45, 2.75) is 12.5 Å². The van der Waals surface area contributed by atoms with Crippen LogP contribution in [0.5, 0.6) is 11.5 Å². The number of rotatable bonds is 7. The van der Waals surface area contributed by atoms with Crippen molar-refractivity contribution in [2.75, 3.05) is 18.9 Å². The third-order valence-corrected chi connectivity index (χ3v) is 6.43. The summed E-state index contributed by atoms with van der Waals surface area (Å²) in [4.78, 5) is 0. The molecule has 1 heterocycles. The number of hydrogen-bond acceptors (Lipinski definition) is 5. The molecule has 0 amide bonds. The number of ether oxygens (including phenoxy) is 2. The highest BCUT2D eigenvalue weighted by molar-refractivity contribution is 7.90. The number of nitrogens with zero attached hydrogens (tertiary/aromatic N) is 2. The smallest absolute Gasteiger partial charge is 0.339 e. The molecule has 3 aromatic carbocycles. The van der Waals surface area contributed by atoms with Crippen molar-refractivity contribution in [2.24, 2.45) is 5.10 Å². The fourth-order valence-electron chi connectivity index (χ4n) is 3.54. The average Bonchev–Trinajstić information content (AvgIpc) is 3.26. The van der Waals surface area contributed by atoms with Gasteiger partial charge in [0.1, 0.15) is 5.82 Å². The molecule has 166 valence electrons. The summed E-state index contributed by atoms with van der Waals surface area (Å²) >= 11 is 0. The first-order valence-electron chi connectivity index (χ1n) is 9.84. The van der Waals surface area contributed by atoms with E-state index in [0.29, 0.717) is 40.4 Å². The molecule has 0 bridgehead atoms. The van der Waals surface area contributed by atoms with Crippen LogP contribution in [0.1, 0.15) is 23.6 Å². The molecule has 1 aliphatic rings. The molecule has 0 saturated heterocycles. The van der Waals surface area contributed by atoms with Gasteiger partial charge in [-0.1, -0.05) is 30.3 Å². The number of anilines is 1. The van der Waals surface area contributed by atoms with Crippen LogP contribution in [0, 0.1) is 5.82 Å². The molecule has 4 rings (SSSR count). The maximum atomic E-state index is 13.5. The van der Waals surface area contributed by atoms with Gasteiger partial charge in [-0.2, -0.15) is 17.9 Å². The van der Waals surface area contributed by atoms with E-state index in [-0.39, 0.29) is 0 Å². The number of methoxy groups -OCH3 is 2. The first-order chi connectivity index (χ1) is 15.4. The predicted molar refractivity (Wildman–Crippen MR) is 121 cm³/mol. The van der Waals surface area contributed by atoms with Gasteiger partial charge in [0, 0.05) is 12.0 Å². The summed E-state index contributed by atoms with van der Waals surface area (Å²) in [6, 6.07) is 19.0. The number of hydrazone groups is 1. The van der Waals surface area contributed by atoms with Crippen molar-refractivity contribution in [1.82, 2.24) is 4.41 Å². The molecule has 32 heavy (non-hydrogen) atoms. The summed E-state index contributed by atoms with van der Waals surface area (Å²) in [6.07, 6.45) is 0.302. The van der Waals surface area contributed by atoms with Crippen LogP contribution in [0.25, 0.3) is 0 Å². The van der Waals surface area contributed by atoms with Crippen LogP contribution in [0.15, 0.2) is 77.9 Å². The summed E-state index contributed by atoms with van der Waals surface area (Å²) in [7, 11) is -0.976. The van der Waals surface area contributed by atoms with E-state index in [1.165, 1.54) is 19.2 Å². The second-order valence-electron chi connectivity index (χ2n) is 7.13. The molecule has 0 radical (unpaired) electrons. The minimum absolute atomic E-state index is 0.302. The lowest BCUT2D eigenvalue weighted by Gasteiger charge is -2.23. The van der Waals surface area contributed by atoms with E-state index in [4.69, 9.17) is 9.47 Å². The highest BCUT2D eigenvalue weighted by Crippen LogP contribution is 2.37. The molecule has 0 spiro atoms. The molecule has 7 nitrogen and oxygen atoms in total. The zero-order chi connectivity index (χ0) is 22.7. The zero-order valence-corrected chi connectivity index (χ0v) is 18.3. The molecule has 1 atom stereocenters. The Labute approximate surface area is 186 Å². The van der Waals surface area contributed by atoms with Crippen LogP contribution < -0.4 is 14.2 Å². The molecule has 3 aromatic rings. The summed E-state index contributed by atoms with van der Waals surface area (Å²) in [6.45, 7) is 0. The minimum Gasteiger partial charge on any atom is -0.493 e. The van der Waals surface area contributed by atoms with Crippen molar-refractivity contribution in [3.8, 4) is 11.5 Å². The Morgan fingerprint density at radius 2 is 1.66 bits per heavy atom. The molecule has 0 aromatic heterocycles. The quantitative estimate of drug-likeness (QED) is 0.574. The van der Waals surface area contributed by atoms with Gasteiger partial charge >= 0.3 is 10.2 Å². The Bertz CT molecular complexity index is 1230. The summed E-state index contributed by atoms with van der Waals surface area (Å²) in [5, 5.41) is 4.45. The lowest BCUT2D eigenvalue weighted by molar-refractivity contribution is 0.355. The lowest BCUT2D eigenvalue weighted by Crippen LogP contribution is -2.32. The van der Waals surface area contributed by atoms with Crippen LogP contribution in [0.2, 0.25) is 0 Å². The van der Waals surface area contributed by atoms with Gasteiger partial charge in [0.25, 0.3) is 0 Å². The van der Waals surface area contributed by atoms with Crippen molar-refractivity contribution < 1.29 is 22.3 Å². The number of halogens is 1. The Morgan fingerprint density at radius 1 is 0.969 bits per heavy atom. The van der Waals surface area contributed by atoms with Crippen molar-refractivity contribution in [3.63, 3.8) is 0 Å². The number of para-hydroxylation sites is 1. The van der Waals surface area contributed by atoms with E-state index in [1.807, 2.05) is 0 Å². The summed E-state index contributed by atoms with van der Waals surface area (Å²) < 4.78 is 54.2. The third kappa shape index (κ3) is 4.38. The second-order valence-corrected chi connectivity index (χ2v) is 8.66. The molecule has 1 N–H and O–H groups in total. The topological polar surface area (TPSA) is 80.2 Å². The molecular formula is C23H22FN3O4S. The van der Waals surface area contributed by atoms with Crippen LogP contribution in [0.3, 0.4) is 0 Å². The fraction of sp³-hybridized carbons (Fsp3) is 0.174. The first-order valence-corrected chi connectivity index (χ1v) is 11.3. The van der Waals surface area contributed by atoms with Gasteiger partial charge in [-0.05, 0) is 48.0 Å². The SMILES string of the molecule is COc1ccc(C2=NN(S(=O)(=O)Nc3ccccc3)C(c3ccc(F)cc3)C2)cc1OC. The molecule has 0 aliphatic carbocycles. The Hall–Kier alpha value is -3.59. The van der Waals surface area contributed by atoms with E-state index in [1.54, 1.807) is 67.8 Å². The Morgan fingerprint density at radius 3 is 2.31 bits per heavy atom. The minimum atomic E-state index is -4.04. The van der Waals surface area contributed by atoms with Crippen LogP contribution in [-0.2, 0) is 10.2 Å². The van der Waals surface area contributed by atoms with Gasteiger partial charge in [0.05, 0.1) is 31.7 Å². The largest absolute Gasteiger partial charge is 0.493 e. The van der Waals surface area contributed by atoms with Crippen LogP contribution >= 0.6 is 0 Å². The van der Waals surface area contributed by atoms with Crippen molar-refractivity contribution in [1.29, 1.82) is 0 Å². The van der Waals surface area contributed by atoms with Gasteiger partial charge < -0.3 is 9.47 Å². The Balaban J connectivity index is 1.74. The van der Waals surface area contributed by atoms with Gasteiger partial charge in [-0.3, -0.25) is 4.72 Å². The molecule has 0 saturated carbocycles. The summed E-state index contributed by atoms with van der Waals surface area (Å²) in [5.41, 5.74) is 2.30. The first kappa shape index (κ1) is 21.6. The van der Waals surface area contributed by atoms with Gasteiger partial charge in [-0.25, -0.2) is 4.39 Å². The van der Waals surface area contributed by atoms with Crippen LogP contribution in [0.4, 0.5) is 10.1 Å². The van der Waals surface area contributed by atoms with E-state index in [2.05, 4.69) is 9.82 Å². The molecule has 0 fully saturated rings. The van der Waals surface area contributed by atoms with E-state index >= 15 is 0 Å². The number of hydrogen-bond donors (Lipinski definition) is 1. The molecule has 1 unspecified atom stereocenters. The van der Waals surface area contributed by atoms with Crippen LogP contribution in [-0.4, -0.2) is 32.8 Å². The summed E-state index contributed by atoms with van der Waals surface area (Å²) in [5.74, 6) is 0.666. The monoisotopic (exact) mass is 455 g/mol. The standard InChI is InChI=1S/C23H22FN3O4S/c1-30-22-13-10-17(14-23(22)31-2)20-15-21(16-8-11-18(24)12-9-16)27(25-20)32(28,29)26-19-6-4-3-5-7-19/h3-14,21,26H,15H2,1-2H3. The molecule has 9 heteroatoms. The highest BCUT2D eigenvalue weighted by Gasteiger charge is 2.37. The zero-order valence-electron chi connectivity index (χ0n) is 17.5. The Kier molecular flexibility index (Phi) is 6.00. The van der Waals surface area contributed by atoms with E-state index in [0.717, 1.165) is 4.41 Å². The predicted octanol–water partition coefficient (Wildman–Crippen LogP) is 4.35. The van der Waals surface area contributed by atoms with Crippen molar-refractivity contribution >= 4 is 21.6 Å². The number of nitrogens with one attached hydrogen (secondary N) is 1. The number of benzene rings is 3. The average molecular weight is 456 g/mol. The lowest BCUT2D eigenvalue weighted by atomic mass is 9.99. The molecule has 1 aliphatic heterocycles.